The van der Waals surface area contributed by atoms with Crippen molar-refractivity contribution in [3.63, 3.8) is 0 Å². The number of fused-ring (bicyclic) bond motifs is 2. The van der Waals surface area contributed by atoms with Gasteiger partial charge in [0, 0.05) is 21.7 Å². The Hall–Kier alpha value is -6.08. The van der Waals surface area contributed by atoms with Gasteiger partial charge in [-0.1, -0.05) is 109 Å². The van der Waals surface area contributed by atoms with Crippen LogP contribution in [0, 0.1) is 27.7 Å². The lowest BCUT2D eigenvalue weighted by atomic mass is 9.89. The molecule has 0 saturated carbocycles. The molecule has 0 radical (unpaired) electrons. The van der Waals surface area contributed by atoms with Crippen LogP contribution in [0.5, 0.6) is 23.0 Å². The summed E-state index contributed by atoms with van der Waals surface area (Å²) in [6, 6.07) is 43.7. The maximum absolute atomic E-state index is 13.8. The van der Waals surface area contributed by atoms with Crippen LogP contribution in [0.15, 0.2) is 158 Å². The van der Waals surface area contributed by atoms with E-state index in [0.717, 1.165) is 62.5 Å². The molecule has 8 aromatic carbocycles. The first-order valence-electron chi connectivity index (χ1n) is 19.5. The van der Waals surface area contributed by atoms with Gasteiger partial charge < -0.3 is 18.1 Å². The van der Waals surface area contributed by atoms with Gasteiger partial charge in [0.15, 0.2) is 8.15 Å². The molecule has 0 N–H and O–H groups in total. The van der Waals surface area contributed by atoms with Crippen LogP contribution in [0.25, 0.3) is 32.7 Å². The summed E-state index contributed by atoms with van der Waals surface area (Å²) >= 11 is 0. The molecule has 0 saturated heterocycles. The summed E-state index contributed by atoms with van der Waals surface area (Å²) in [6.45, 7) is 7.65. The highest BCUT2D eigenvalue weighted by Gasteiger charge is 2.34. The van der Waals surface area contributed by atoms with Crippen LogP contribution in [0.2, 0.25) is 0 Å². The van der Waals surface area contributed by atoms with E-state index in [1.807, 2.05) is 137 Å². The number of benzene rings is 8. The zero-order valence-electron chi connectivity index (χ0n) is 33.8. The molecule has 0 aromatic heterocycles. The van der Waals surface area contributed by atoms with Crippen LogP contribution in [0.1, 0.15) is 33.4 Å². The molecule has 12 heteroatoms. The van der Waals surface area contributed by atoms with Gasteiger partial charge in [0.1, 0.15) is 23.0 Å². The number of para-hydroxylation sites is 2. The average molecular weight is 879 g/mol. The molecule has 0 aliphatic rings. The fourth-order valence-corrected chi connectivity index (χ4v) is 10.2. The first kappa shape index (κ1) is 42.6. The van der Waals surface area contributed by atoms with Crippen molar-refractivity contribution in [3.05, 3.63) is 191 Å². The van der Waals surface area contributed by atoms with E-state index in [9.17, 15) is 26.3 Å². The van der Waals surface area contributed by atoms with Gasteiger partial charge in [0.25, 0.3) is 0 Å². The highest BCUT2D eigenvalue weighted by atomic mass is 31.2. The van der Waals surface area contributed by atoms with Crippen molar-refractivity contribution < 1.29 is 44.4 Å². The highest BCUT2D eigenvalue weighted by Crippen LogP contribution is 2.55. The van der Waals surface area contributed by atoms with Gasteiger partial charge in [-0.25, -0.2) is 0 Å². The SMILES string of the molecule is Cc1ccccc1OP(Oc1ccccc1C)Oc1c(C)cc2ccccc2c1-c1c(OP(c2ccc(C(F)(F)F)cc2)c2ccc(C(F)(F)F)cc2)c(C)cc2ccccc12. The second-order valence-electron chi connectivity index (χ2n) is 14.7. The second kappa shape index (κ2) is 17.4. The van der Waals surface area contributed by atoms with Crippen molar-refractivity contribution in [2.75, 3.05) is 0 Å². The summed E-state index contributed by atoms with van der Waals surface area (Å²) in [5, 5.41) is 4.04. The molecule has 0 spiro atoms. The number of aryl methyl sites for hydroxylation is 4. The Morgan fingerprint density at radius 1 is 0.387 bits per heavy atom. The normalized spacial score (nSPS) is 12.0. The predicted octanol–water partition coefficient (Wildman–Crippen LogP) is 15.1. The molecule has 0 fully saturated rings. The lowest BCUT2D eigenvalue weighted by Crippen LogP contribution is -2.18. The smallest absolute Gasteiger partial charge is 0.464 e. The van der Waals surface area contributed by atoms with Crippen molar-refractivity contribution in [3.8, 4) is 34.1 Å². The minimum absolute atomic E-state index is 0.360. The van der Waals surface area contributed by atoms with Crippen LogP contribution < -0.4 is 28.7 Å². The summed E-state index contributed by atoms with van der Waals surface area (Å²) in [7, 11) is -4.27. The van der Waals surface area contributed by atoms with E-state index < -0.39 is 40.2 Å². The maximum atomic E-state index is 13.8. The molecule has 0 atom stereocenters. The summed E-state index contributed by atoms with van der Waals surface area (Å²) in [5.74, 6) is 1.94. The zero-order chi connectivity index (χ0) is 43.8. The standard InChI is InChI=1S/C50H38F6O4P2/c1-31-13-5-11-19-43(31)57-62(58-44-20-12-6-14-32(44)2)60-48-34(4)30-36-16-8-10-18-42(36)46(48)45-41-17-9-7-15-35(41)29-33(3)47(45)59-61(39-25-21-37(22-26-39)49(51,52)53)40-27-23-38(24-28-40)50(54,55)56/h5-30H,1-4H3. The van der Waals surface area contributed by atoms with Crippen LogP contribution in [0.4, 0.5) is 26.3 Å². The quantitative estimate of drug-likeness (QED) is 0.0958. The molecule has 0 aliphatic heterocycles. The van der Waals surface area contributed by atoms with Crippen LogP contribution >= 0.6 is 16.8 Å². The fraction of sp³-hybridized carbons (Fsp3) is 0.120. The molecule has 0 amide bonds. The van der Waals surface area contributed by atoms with Gasteiger partial charge in [-0.3, -0.25) is 0 Å². The molecule has 8 aromatic rings. The first-order valence-corrected chi connectivity index (χ1v) is 21.8. The monoisotopic (exact) mass is 878 g/mol. The van der Waals surface area contributed by atoms with Gasteiger partial charge >= 0.3 is 21.0 Å². The molecular formula is C50H38F6O4P2. The summed E-state index contributed by atoms with van der Waals surface area (Å²) in [5.41, 5.74) is 2.69. The average Bonchev–Trinajstić information content (AvgIpc) is 3.24. The number of halogens is 6. The lowest BCUT2D eigenvalue weighted by molar-refractivity contribution is -0.138. The Balaban J connectivity index is 1.36. The van der Waals surface area contributed by atoms with Crippen LogP contribution in [-0.4, -0.2) is 0 Å². The molecule has 8 rings (SSSR count). The molecule has 4 nitrogen and oxygen atoms in total. The van der Waals surface area contributed by atoms with Crippen LogP contribution in [-0.2, 0) is 12.4 Å². The third-order valence-corrected chi connectivity index (χ3v) is 13.3. The Kier molecular flexibility index (Phi) is 11.9. The van der Waals surface area contributed by atoms with E-state index >= 15 is 0 Å². The van der Waals surface area contributed by atoms with E-state index in [0.29, 0.717) is 50.3 Å². The molecular weight excluding hydrogens is 840 g/mol. The van der Waals surface area contributed by atoms with Crippen molar-refractivity contribution >= 4 is 48.9 Å². The molecule has 62 heavy (non-hydrogen) atoms. The van der Waals surface area contributed by atoms with E-state index in [-0.39, 0.29) is 0 Å². The molecule has 314 valence electrons. The Bertz CT molecular complexity index is 2790. The number of alkyl halides is 6. The Morgan fingerprint density at radius 2 is 0.758 bits per heavy atom. The second-order valence-corrected chi connectivity index (χ2v) is 17.5. The van der Waals surface area contributed by atoms with Gasteiger partial charge in [-0.2, -0.15) is 26.3 Å². The lowest BCUT2D eigenvalue weighted by Gasteiger charge is -2.27. The van der Waals surface area contributed by atoms with E-state index in [4.69, 9.17) is 18.1 Å². The highest BCUT2D eigenvalue weighted by molar-refractivity contribution is 7.68. The van der Waals surface area contributed by atoms with Gasteiger partial charge in [0.2, 0.25) is 0 Å². The Labute approximate surface area is 357 Å². The van der Waals surface area contributed by atoms with Crippen molar-refractivity contribution in [2.24, 2.45) is 0 Å². The molecule has 0 aliphatic carbocycles. The van der Waals surface area contributed by atoms with E-state index in [1.54, 1.807) is 0 Å². The summed E-state index contributed by atoms with van der Waals surface area (Å²) in [4.78, 5) is 0. The minimum atomic E-state index is -4.60. The number of hydrogen-bond acceptors (Lipinski definition) is 4. The minimum Gasteiger partial charge on any atom is -0.464 e. The maximum Gasteiger partial charge on any atom is 0.530 e. The summed E-state index contributed by atoms with van der Waals surface area (Å²) < 4.78 is 110. The largest absolute Gasteiger partial charge is 0.530 e. The van der Waals surface area contributed by atoms with E-state index in [1.165, 1.54) is 24.3 Å². The van der Waals surface area contributed by atoms with Crippen molar-refractivity contribution in [1.82, 2.24) is 0 Å². The van der Waals surface area contributed by atoms with Gasteiger partial charge in [-0.05, 0) is 120 Å². The van der Waals surface area contributed by atoms with Crippen molar-refractivity contribution in [2.45, 2.75) is 40.0 Å². The zero-order valence-corrected chi connectivity index (χ0v) is 35.6. The molecule has 0 unspecified atom stereocenters. The third-order valence-electron chi connectivity index (χ3n) is 10.4. The van der Waals surface area contributed by atoms with E-state index in [2.05, 4.69) is 0 Å². The topological polar surface area (TPSA) is 36.9 Å². The van der Waals surface area contributed by atoms with Crippen LogP contribution in [0.3, 0.4) is 0 Å². The number of hydrogen-bond donors (Lipinski definition) is 0. The van der Waals surface area contributed by atoms with Gasteiger partial charge in [0.05, 0.1) is 11.1 Å². The molecule has 0 heterocycles. The number of rotatable bonds is 11. The van der Waals surface area contributed by atoms with Crippen molar-refractivity contribution in [1.29, 1.82) is 0 Å². The molecule has 0 bridgehead atoms. The summed E-state index contributed by atoms with van der Waals surface area (Å²) in [6.07, 6.45) is -9.21. The fourth-order valence-electron chi connectivity index (χ4n) is 7.20. The third kappa shape index (κ3) is 8.95. The Morgan fingerprint density at radius 3 is 1.16 bits per heavy atom. The van der Waals surface area contributed by atoms with Gasteiger partial charge in [-0.15, -0.1) is 0 Å². The first-order chi connectivity index (χ1) is 29.7. The predicted molar refractivity (Wildman–Crippen MR) is 237 cm³/mol.